The fourth-order valence-electron chi connectivity index (χ4n) is 1.02. The van der Waals surface area contributed by atoms with Crippen LogP contribution < -0.4 is 24.2 Å². The van der Waals surface area contributed by atoms with E-state index in [9.17, 15) is 4.79 Å². The van der Waals surface area contributed by atoms with E-state index in [4.69, 9.17) is 18.6 Å². The van der Waals surface area contributed by atoms with Gasteiger partial charge in [-0.3, -0.25) is 0 Å². The van der Waals surface area contributed by atoms with Gasteiger partial charge in [-0.15, -0.1) is 0 Å². The molecule has 1 N–H and O–H groups in total. The second-order valence-corrected chi connectivity index (χ2v) is 4.02. The summed E-state index contributed by atoms with van der Waals surface area (Å²) in [6, 6.07) is 1.99. The lowest BCUT2D eigenvalue weighted by Gasteiger charge is -2.03. The second kappa shape index (κ2) is 5.37. The van der Waals surface area contributed by atoms with Gasteiger partial charge in [0.2, 0.25) is 0 Å². The summed E-state index contributed by atoms with van der Waals surface area (Å²) in [6.07, 6.45) is 0. The van der Waals surface area contributed by atoms with Crippen molar-refractivity contribution in [2.24, 2.45) is 14.1 Å². The third-order valence-electron chi connectivity index (χ3n) is 2.05. The van der Waals surface area contributed by atoms with Crippen LogP contribution in [-0.4, -0.2) is 9.23 Å². The van der Waals surface area contributed by atoms with Gasteiger partial charge >= 0.3 is 5.69 Å². The van der Waals surface area contributed by atoms with Crippen LogP contribution in [0.1, 0.15) is 11.4 Å². The average molecular weight is 254 g/mol. The van der Waals surface area contributed by atoms with Crippen molar-refractivity contribution in [2.45, 2.75) is 13.8 Å². The molecule has 0 unspecified atom stereocenters. The molecule has 8 heteroatoms. The van der Waals surface area contributed by atoms with Crippen LogP contribution in [0.2, 0.25) is 0 Å². The molecule has 0 atom stereocenters. The molecule has 1 aromatic heterocycles. The zero-order chi connectivity index (χ0) is 13.1. The smallest absolute Gasteiger partial charge is 0.198 e. The third-order valence-corrected chi connectivity index (χ3v) is 2.05. The van der Waals surface area contributed by atoms with Crippen LogP contribution >= 0.6 is 0 Å². The van der Waals surface area contributed by atoms with E-state index in [1.165, 1.54) is 0 Å². The zero-order valence-electron chi connectivity index (χ0n) is 9.43. The Labute approximate surface area is 94.6 Å². The number of aryl methyl sites for hydroxylation is 2. The van der Waals surface area contributed by atoms with Crippen molar-refractivity contribution in [2.75, 3.05) is 0 Å². The number of hydrogen-bond acceptors (Lipinski definition) is 5. The average Bonchev–Trinajstić information content (AvgIpc) is 2.09. The Bertz CT molecular complexity index is 388. The number of nitrogens with zero attached hydrogens (tertiary/aromatic N) is 2. The van der Waals surface area contributed by atoms with Crippen molar-refractivity contribution in [3.63, 3.8) is 0 Å². The van der Waals surface area contributed by atoms with Gasteiger partial charge in [0.1, 0.15) is 11.4 Å². The highest BCUT2D eigenvalue weighted by Crippen LogP contribution is 1.91. The summed E-state index contributed by atoms with van der Waals surface area (Å²) in [5, 5.41) is 0. The number of aromatic nitrogens is 2. The van der Waals surface area contributed by atoms with Crippen LogP contribution in [0.15, 0.2) is 10.9 Å². The number of hydrogen-bond donors (Lipinski definition) is 1. The van der Waals surface area contributed by atoms with Crippen molar-refractivity contribution in [1.29, 1.82) is 0 Å². The van der Waals surface area contributed by atoms with Gasteiger partial charge in [-0.2, -0.15) is 27.9 Å². The van der Waals surface area contributed by atoms with Crippen LogP contribution in [0.3, 0.4) is 0 Å². The Kier molecular flexibility index (Phi) is 5.04. The van der Waals surface area contributed by atoms with Gasteiger partial charge in [0.25, 0.3) is 0 Å². The standard InChI is InChI=1S/C8H13N2O.ClHO4/c1-6-5-7(2)10(4)8(11)9(6)3;2-1(3,4)5/h5H,1-4H3;(H,2,3,4,5)/q+1;. The van der Waals surface area contributed by atoms with Crippen molar-refractivity contribution in [3.8, 4) is 0 Å². The summed E-state index contributed by atoms with van der Waals surface area (Å²) in [6.45, 7) is 3.85. The highest BCUT2D eigenvalue weighted by Gasteiger charge is 2.08. The molecule has 0 amide bonds. The molecule has 0 aromatic carbocycles. The molecule has 0 aliphatic heterocycles. The fourth-order valence-corrected chi connectivity index (χ4v) is 1.02. The fraction of sp³-hybridized carbons (Fsp3) is 0.500. The molecule has 0 radical (unpaired) electrons. The minimum absolute atomic E-state index is 0.0301. The van der Waals surface area contributed by atoms with E-state index in [1.54, 1.807) is 23.2 Å². The third kappa shape index (κ3) is 5.19. The molecule has 1 rings (SSSR count). The Balaban J connectivity index is 0.000000385. The van der Waals surface area contributed by atoms with Gasteiger partial charge in [0, 0.05) is 6.07 Å². The number of halogens is 1. The molecule has 0 saturated carbocycles. The minimum atomic E-state index is -4.69. The molecule has 0 fully saturated rings. The van der Waals surface area contributed by atoms with Gasteiger partial charge in [-0.05, 0) is 13.8 Å². The summed E-state index contributed by atoms with van der Waals surface area (Å²) < 4.78 is 36.0. The minimum Gasteiger partial charge on any atom is -0.198 e. The monoisotopic (exact) mass is 253 g/mol. The van der Waals surface area contributed by atoms with Gasteiger partial charge in [0.15, 0.2) is 0 Å². The van der Waals surface area contributed by atoms with E-state index in [0.29, 0.717) is 0 Å². The Morgan fingerprint density at radius 3 is 2.12 bits per heavy atom. The van der Waals surface area contributed by atoms with Crippen molar-refractivity contribution in [1.82, 2.24) is 4.57 Å². The normalized spacial score (nSPS) is 10.8. The highest BCUT2D eigenvalue weighted by atomic mass is 35.7. The molecule has 0 bridgehead atoms. The molecule has 0 aliphatic carbocycles. The molecule has 0 spiro atoms. The lowest BCUT2D eigenvalue weighted by molar-refractivity contribution is -1.92. The van der Waals surface area contributed by atoms with Gasteiger partial charge in [0.05, 0.1) is 29.0 Å². The molecule has 1 aromatic rings. The zero-order valence-corrected chi connectivity index (χ0v) is 10.2. The maximum atomic E-state index is 11.3. The first-order chi connectivity index (χ1) is 7.04. The van der Waals surface area contributed by atoms with Crippen molar-refractivity contribution in [3.05, 3.63) is 27.9 Å². The first kappa shape index (κ1) is 15.0. The lowest BCUT2D eigenvalue weighted by Crippen LogP contribution is -2.58. The maximum Gasteiger partial charge on any atom is 0.497 e. The maximum absolute atomic E-state index is 11.3. The largest absolute Gasteiger partial charge is 0.497 e. The van der Waals surface area contributed by atoms with E-state index in [0.717, 1.165) is 11.4 Å². The lowest BCUT2D eigenvalue weighted by atomic mass is 10.3. The van der Waals surface area contributed by atoms with Gasteiger partial charge in [-0.1, -0.05) is 0 Å². The highest BCUT2D eigenvalue weighted by molar-refractivity contribution is 5.01. The van der Waals surface area contributed by atoms with Crippen LogP contribution in [0, 0.1) is 24.1 Å². The first-order valence-electron chi connectivity index (χ1n) is 4.20. The number of rotatable bonds is 0. The van der Waals surface area contributed by atoms with E-state index >= 15 is 0 Å². The van der Waals surface area contributed by atoms with Crippen LogP contribution in [0.25, 0.3) is 0 Å². The van der Waals surface area contributed by atoms with Gasteiger partial charge < -0.3 is 0 Å². The molecule has 16 heavy (non-hydrogen) atoms. The molecular weight excluding hydrogens is 240 g/mol. The Hall–Kier alpha value is -0.990. The van der Waals surface area contributed by atoms with Crippen LogP contribution in [-0.2, 0) is 14.1 Å². The summed E-state index contributed by atoms with van der Waals surface area (Å²) in [7, 11) is -1.14. The first-order valence-corrected chi connectivity index (χ1v) is 5.47. The summed E-state index contributed by atoms with van der Waals surface area (Å²) in [5.41, 5.74) is 2.01. The molecule has 0 aliphatic rings. The predicted molar refractivity (Wildman–Crippen MR) is 44.6 cm³/mol. The second-order valence-electron chi connectivity index (χ2n) is 3.22. The van der Waals surface area contributed by atoms with Crippen molar-refractivity contribution < 1.29 is 33.4 Å². The SMILES string of the molecule is Cc1cc(C)[n+](C)c(=O)n1C.[O-][Cl+3]([O-])([O-])O. The Morgan fingerprint density at radius 2 is 1.75 bits per heavy atom. The molecular formula is C8H14ClN2O5+. The molecule has 0 saturated heterocycles. The van der Waals surface area contributed by atoms with Crippen LogP contribution in [0.5, 0.6) is 0 Å². The van der Waals surface area contributed by atoms with Crippen LogP contribution in [0.4, 0.5) is 0 Å². The molecule has 1 heterocycles. The van der Waals surface area contributed by atoms with Gasteiger partial charge in [-0.25, -0.2) is 0 Å². The van der Waals surface area contributed by atoms with Crippen molar-refractivity contribution >= 4 is 0 Å². The predicted octanol–water partition coefficient (Wildman–Crippen LogP) is -4.30. The molecule has 7 nitrogen and oxygen atoms in total. The van der Waals surface area contributed by atoms with E-state index in [1.807, 2.05) is 19.9 Å². The summed E-state index contributed by atoms with van der Waals surface area (Å²) in [5.74, 6) is 0. The van der Waals surface area contributed by atoms with E-state index in [-0.39, 0.29) is 5.69 Å². The summed E-state index contributed by atoms with van der Waals surface area (Å²) in [4.78, 5) is 11.3. The quantitative estimate of drug-likeness (QED) is 0.470. The topological polar surface area (TPSA) is 115 Å². The van der Waals surface area contributed by atoms with E-state index < -0.39 is 10.2 Å². The molecule has 92 valence electrons. The van der Waals surface area contributed by atoms with E-state index in [2.05, 4.69) is 0 Å². The Morgan fingerprint density at radius 1 is 1.38 bits per heavy atom. The summed E-state index contributed by atoms with van der Waals surface area (Å²) >= 11 is 0.